The summed E-state index contributed by atoms with van der Waals surface area (Å²) in [6, 6.07) is 4.41. The number of piperidine rings is 1. The van der Waals surface area contributed by atoms with Crippen LogP contribution < -0.4 is 4.90 Å². The summed E-state index contributed by atoms with van der Waals surface area (Å²) < 4.78 is 10.8. The fraction of sp³-hybridized carbons (Fsp3) is 0.643. The predicted molar refractivity (Wildman–Crippen MR) is 67.0 cm³/mol. The Bertz CT molecular complexity index is 388. The number of ether oxygens (including phenoxy) is 1. The van der Waals surface area contributed by atoms with Gasteiger partial charge in [-0.25, -0.2) is 0 Å². The molecule has 0 aliphatic carbocycles. The van der Waals surface area contributed by atoms with E-state index < -0.39 is 0 Å². The van der Waals surface area contributed by atoms with Crippen LogP contribution in [0.5, 0.6) is 0 Å². The highest BCUT2D eigenvalue weighted by molar-refractivity contribution is 5.66. The zero-order valence-electron chi connectivity index (χ0n) is 11.3. The number of quaternary nitrogens is 1. The number of hydrogen-bond acceptors (Lipinski definition) is 3. The van der Waals surface area contributed by atoms with Crippen molar-refractivity contribution in [3.8, 4) is 0 Å². The maximum Gasteiger partial charge on any atom is 0.302 e. The second-order valence-electron chi connectivity index (χ2n) is 5.25. The molecule has 1 unspecified atom stereocenters. The Morgan fingerprint density at radius 2 is 2.33 bits per heavy atom. The molecule has 100 valence electrons. The third kappa shape index (κ3) is 2.93. The van der Waals surface area contributed by atoms with Gasteiger partial charge in [0.05, 0.1) is 18.8 Å². The molecule has 1 fully saturated rings. The Morgan fingerprint density at radius 1 is 1.56 bits per heavy atom. The van der Waals surface area contributed by atoms with Crippen molar-refractivity contribution in [2.24, 2.45) is 5.92 Å². The van der Waals surface area contributed by atoms with E-state index in [0.29, 0.717) is 12.0 Å². The summed E-state index contributed by atoms with van der Waals surface area (Å²) in [6.07, 6.45) is 2.72. The zero-order valence-corrected chi connectivity index (χ0v) is 11.3. The molecule has 1 N–H and O–H groups in total. The summed E-state index contributed by atoms with van der Waals surface area (Å²) in [5.74, 6) is 1.23. The standard InChI is InChI=1S/C14H21NO3/c1-10-11(2)15(9-13-5-4-8-17-13)7-6-14(10)18-12(3)16/h4-5,8,10-11,14H,6-7,9H2,1-3H3/p+1/t10-,11+,14+/m1/s1. The van der Waals surface area contributed by atoms with Crippen molar-refractivity contribution < 1.29 is 18.8 Å². The highest BCUT2D eigenvalue weighted by Gasteiger charge is 2.37. The molecular weight excluding hydrogens is 230 g/mol. The van der Waals surface area contributed by atoms with Crippen LogP contribution in [0.3, 0.4) is 0 Å². The predicted octanol–water partition coefficient (Wildman–Crippen LogP) is 1.02. The van der Waals surface area contributed by atoms with Gasteiger partial charge in [0.25, 0.3) is 0 Å². The van der Waals surface area contributed by atoms with Crippen LogP contribution in [-0.2, 0) is 16.1 Å². The van der Waals surface area contributed by atoms with E-state index in [2.05, 4.69) is 13.8 Å². The third-order valence-corrected chi connectivity index (χ3v) is 4.07. The number of carbonyl (C=O) groups is 1. The molecule has 2 rings (SSSR count). The van der Waals surface area contributed by atoms with Gasteiger partial charge in [0.15, 0.2) is 5.76 Å². The SMILES string of the molecule is CC(=O)O[C@H]1CC[NH+](Cc2ccco2)[C@@H](C)[C@H]1C. The molecule has 2 heterocycles. The highest BCUT2D eigenvalue weighted by atomic mass is 16.5. The molecule has 0 aromatic carbocycles. The van der Waals surface area contributed by atoms with Crippen molar-refractivity contribution in [3.05, 3.63) is 24.2 Å². The van der Waals surface area contributed by atoms with E-state index in [1.165, 1.54) is 11.8 Å². The van der Waals surface area contributed by atoms with Gasteiger partial charge in [0.1, 0.15) is 12.6 Å². The molecule has 0 amide bonds. The number of carbonyl (C=O) groups excluding carboxylic acids is 1. The van der Waals surface area contributed by atoms with Crippen molar-refractivity contribution in [2.45, 2.75) is 45.9 Å². The summed E-state index contributed by atoms with van der Waals surface area (Å²) >= 11 is 0. The lowest BCUT2D eigenvalue weighted by atomic mass is 9.89. The van der Waals surface area contributed by atoms with Crippen LogP contribution >= 0.6 is 0 Å². The number of furan rings is 1. The Labute approximate surface area is 108 Å². The van der Waals surface area contributed by atoms with Crippen LogP contribution in [0.15, 0.2) is 22.8 Å². The maximum absolute atomic E-state index is 11.1. The van der Waals surface area contributed by atoms with Crippen LogP contribution in [0.4, 0.5) is 0 Å². The van der Waals surface area contributed by atoms with E-state index in [1.807, 2.05) is 12.1 Å². The molecule has 0 saturated carbocycles. The topological polar surface area (TPSA) is 43.9 Å². The first-order valence-corrected chi connectivity index (χ1v) is 6.62. The molecule has 18 heavy (non-hydrogen) atoms. The van der Waals surface area contributed by atoms with E-state index in [4.69, 9.17) is 9.15 Å². The molecule has 1 saturated heterocycles. The summed E-state index contributed by atoms with van der Waals surface area (Å²) in [5.41, 5.74) is 0. The zero-order chi connectivity index (χ0) is 13.1. The smallest absolute Gasteiger partial charge is 0.302 e. The van der Waals surface area contributed by atoms with Gasteiger partial charge in [-0.1, -0.05) is 6.92 Å². The van der Waals surface area contributed by atoms with Crippen molar-refractivity contribution >= 4 is 5.97 Å². The minimum atomic E-state index is -0.173. The lowest BCUT2D eigenvalue weighted by molar-refractivity contribution is -0.947. The fourth-order valence-corrected chi connectivity index (χ4v) is 2.78. The molecule has 4 atom stereocenters. The normalized spacial score (nSPS) is 32.2. The fourth-order valence-electron chi connectivity index (χ4n) is 2.78. The van der Waals surface area contributed by atoms with Crippen molar-refractivity contribution in [1.29, 1.82) is 0 Å². The maximum atomic E-state index is 11.1. The molecular formula is C14H22NO3+. The van der Waals surface area contributed by atoms with Gasteiger partial charge in [-0.05, 0) is 19.1 Å². The summed E-state index contributed by atoms with van der Waals surface area (Å²) in [7, 11) is 0. The Morgan fingerprint density at radius 3 is 2.94 bits per heavy atom. The molecule has 0 spiro atoms. The minimum absolute atomic E-state index is 0.0675. The van der Waals surface area contributed by atoms with Crippen LogP contribution in [0.25, 0.3) is 0 Å². The molecule has 4 nitrogen and oxygen atoms in total. The Balaban J connectivity index is 1.95. The van der Waals surface area contributed by atoms with E-state index in [9.17, 15) is 4.79 Å². The quantitative estimate of drug-likeness (QED) is 0.817. The minimum Gasteiger partial charge on any atom is -0.463 e. The second-order valence-corrected chi connectivity index (χ2v) is 5.25. The molecule has 1 aromatic heterocycles. The number of rotatable bonds is 3. The lowest BCUT2D eigenvalue weighted by Gasteiger charge is -2.38. The van der Waals surface area contributed by atoms with Gasteiger partial charge in [-0.3, -0.25) is 4.79 Å². The molecule has 1 aliphatic heterocycles. The Hall–Kier alpha value is -1.29. The van der Waals surface area contributed by atoms with Gasteiger partial charge in [0.2, 0.25) is 0 Å². The Kier molecular flexibility index (Phi) is 4.07. The van der Waals surface area contributed by atoms with E-state index >= 15 is 0 Å². The van der Waals surface area contributed by atoms with Crippen molar-refractivity contribution in [3.63, 3.8) is 0 Å². The van der Waals surface area contributed by atoms with E-state index in [1.54, 1.807) is 6.26 Å². The van der Waals surface area contributed by atoms with Gasteiger partial charge < -0.3 is 14.1 Å². The van der Waals surface area contributed by atoms with Crippen LogP contribution in [0.1, 0.15) is 33.0 Å². The molecule has 0 radical (unpaired) electrons. The molecule has 0 bridgehead atoms. The third-order valence-electron chi connectivity index (χ3n) is 4.07. The summed E-state index contributed by atoms with van der Waals surface area (Å²) in [4.78, 5) is 12.6. The molecule has 1 aromatic rings. The van der Waals surface area contributed by atoms with Crippen LogP contribution in [0.2, 0.25) is 0 Å². The van der Waals surface area contributed by atoms with Gasteiger partial charge in [-0.15, -0.1) is 0 Å². The van der Waals surface area contributed by atoms with Gasteiger partial charge in [-0.2, -0.15) is 0 Å². The van der Waals surface area contributed by atoms with Crippen molar-refractivity contribution in [1.82, 2.24) is 0 Å². The largest absolute Gasteiger partial charge is 0.463 e. The summed E-state index contributed by atoms with van der Waals surface area (Å²) in [6.45, 7) is 7.80. The summed E-state index contributed by atoms with van der Waals surface area (Å²) in [5, 5.41) is 0. The average Bonchev–Trinajstić information content (AvgIpc) is 2.81. The van der Waals surface area contributed by atoms with Gasteiger partial charge in [0, 0.05) is 19.3 Å². The first kappa shape index (κ1) is 13.1. The van der Waals surface area contributed by atoms with E-state index in [-0.39, 0.29) is 12.1 Å². The second kappa shape index (κ2) is 5.57. The first-order valence-electron chi connectivity index (χ1n) is 6.62. The van der Waals surface area contributed by atoms with E-state index in [0.717, 1.165) is 25.3 Å². The number of likely N-dealkylation sites (tertiary alicyclic amines) is 1. The van der Waals surface area contributed by atoms with Crippen LogP contribution in [-0.4, -0.2) is 24.7 Å². The highest BCUT2D eigenvalue weighted by Crippen LogP contribution is 2.17. The van der Waals surface area contributed by atoms with Gasteiger partial charge >= 0.3 is 5.97 Å². The number of nitrogens with one attached hydrogen (secondary N) is 1. The molecule has 1 aliphatic rings. The molecule has 4 heteroatoms. The first-order chi connectivity index (χ1) is 8.58. The number of esters is 1. The van der Waals surface area contributed by atoms with Crippen molar-refractivity contribution in [2.75, 3.05) is 6.54 Å². The monoisotopic (exact) mass is 252 g/mol. The lowest BCUT2D eigenvalue weighted by Crippen LogP contribution is -3.16. The number of hydrogen-bond donors (Lipinski definition) is 1. The van der Waals surface area contributed by atoms with Crippen LogP contribution in [0, 0.1) is 5.92 Å². The average molecular weight is 252 g/mol.